The monoisotopic (exact) mass is 244 g/mol. The molecule has 0 aliphatic heterocycles. The van der Waals surface area contributed by atoms with E-state index in [0.29, 0.717) is 0 Å². The Morgan fingerprint density at radius 3 is 1.50 bits per heavy atom. The van der Waals surface area contributed by atoms with Crippen LogP contribution >= 0.6 is 0 Å². The highest BCUT2D eigenvalue weighted by atomic mass is 14.9. The lowest BCUT2D eigenvalue weighted by Gasteiger charge is -2.40. The third kappa shape index (κ3) is 1.77. The quantitative estimate of drug-likeness (QED) is 0.695. The van der Waals surface area contributed by atoms with Gasteiger partial charge in [-0.25, -0.2) is 0 Å². The first kappa shape index (κ1) is 12.1. The number of hydrogen-bond donors (Lipinski definition) is 0. The van der Waals surface area contributed by atoms with E-state index in [1.807, 2.05) is 0 Å². The minimum atomic E-state index is 0.199. The molecule has 0 N–H and O–H groups in total. The molecule has 0 amide bonds. The summed E-state index contributed by atoms with van der Waals surface area (Å²) < 4.78 is 0. The van der Waals surface area contributed by atoms with Gasteiger partial charge in [-0.05, 0) is 38.5 Å². The average molecular weight is 244 g/mol. The second-order valence-electron chi connectivity index (χ2n) is 7.29. The van der Waals surface area contributed by atoms with Gasteiger partial charge in [0.25, 0.3) is 0 Å². The van der Waals surface area contributed by atoms with Crippen molar-refractivity contribution in [1.82, 2.24) is 9.97 Å². The summed E-state index contributed by atoms with van der Waals surface area (Å²) in [5, 5.41) is 0. The number of rotatable bonds is 0. The molecule has 0 atom stereocenters. The van der Waals surface area contributed by atoms with Gasteiger partial charge in [0.1, 0.15) is 0 Å². The second kappa shape index (κ2) is 3.79. The minimum absolute atomic E-state index is 0.199. The lowest BCUT2D eigenvalue weighted by molar-refractivity contribution is 0.311. The van der Waals surface area contributed by atoms with Crippen molar-refractivity contribution < 1.29 is 0 Å². The van der Waals surface area contributed by atoms with Gasteiger partial charge < -0.3 is 0 Å². The first-order valence-corrected chi connectivity index (χ1v) is 7.31. The molecule has 1 aromatic heterocycles. The highest BCUT2D eigenvalue weighted by Crippen LogP contribution is 2.44. The molecule has 3 rings (SSSR count). The van der Waals surface area contributed by atoms with Crippen molar-refractivity contribution in [1.29, 1.82) is 0 Å². The molecule has 2 heteroatoms. The maximum absolute atomic E-state index is 5.04. The molecule has 98 valence electrons. The Bertz CT molecular complexity index is 441. The fourth-order valence-corrected chi connectivity index (χ4v) is 3.30. The maximum atomic E-state index is 5.04. The van der Waals surface area contributed by atoms with Gasteiger partial charge in [0.15, 0.2) is 0 Å². The van der Waals surface area contributed by atoms with Crippen LogP contribution in [0.1, 0.15) is 76.2 Å². The van der Waals surface area contributed by atoms with E-state index < -0.39 is 0 Å². The minimum Gasteiger partial charge on any atom is -0.253 e. The summed E-state index contributed by atoms with van der Waals surface area (Å²) in [6, 6.07) is 0. The molecule has 0 aromatic carbocycles. The summed E-state index contributed by atoms with van der Waals surface area (Å²) in [7, 11) is 0. The smallest absolute Gasteiger partial charge is 0.0684 e. The number of aromatic nitrogens is 2. The van der Waals surface area contributed by atoms with E-state index in [1.54, 1.807) is 0 Å². The van der Waals surface area contributed by atoms with Crippen LogP contribution in [-0.4, -0.2) is 9.97 Å². The largest absolute Gasteiger partial charge is 0.253 e. The van der Waals surface area contributed by atoms with Crippen LogP contribution in [0.15, 0.2) is 0 Å². The van der Waals surface area contributed by atoms with E-state index in [-0.39, 0.29) is 10.8 Å². The molecule has 0 radical (unpaired) electrons. The Morgan fingerprint density at radius 2 is 1.11 bits per heavy atom. The lowest BCUT2D eigenvalue weighted by atomic mass is 9.67. The summed E-state index contributed by atoms with van der Waals surface area (Å²) in [4.78, 5) is 10.1. The molecule has 0 unspecified atom stereocenters. The molecule has 1 heterocycles. The zero-order chi connectivity index (χ0) is 13.0. The van der Waals surface area contributed by atoms with Crippen molar-refractivity contribution in [3.63, 3.8) is 0 Å². The first-order chi connectivity index (χ1) is 8.40. The fraction of sp³-hybridized carbons (Fsp3) is 0.750. The molecule has 2 aliphatic carbocycles. The van der Waals surface area contributed by atoms with E-state index in [2.05, 4.69) is 27.7 Å². The molecule has 0 saturated carbocycles. The van der Waals surface area contributed by atoms with E-state index in [4.69, 9.17) is 9.97 Å². The third-order valence-corrected chi connectivity index (χ3v) is 4.79. The molecule has 0 saturated heterocycles. The number of hydrogen-bond acceptors (Lipinski definition) is 2. The number of aryl methyl sites for hydroxylation is 2. The molecule has 1 aromatic rings. The van der Waals surface area contributed by atoms with Gasteiger partial charge in [-0.3, -0.25) is 9.97 Å². The Hall–Kier alpha value is -0.920. The van der Waals surface area contributed by atoms with Gasteiger partial charge in [-0.15, -0.1) is 0 Å². The van der Waals surface area contributed by atoms with E-state index in [9.17, 15) is 0 Å². The van der Waals surface area contributed by atoms with Crippen LogP contribution in [0, 0.1) is 0 Å². The highest BCUT2D eigenvalue weighted by Gasteiger charge is 2.40. The predicted molar refractivity (Wildman–Crippen MR) is 74.0 cm³/mol. The van der Waals surface area contributed by atoms with Gasteiger partial charge in [0.2, 0.25) is 0 Å². The number of nitrogens with zero attached hydrogens (tertiary/aromatic N) is 2. The first-order valence-electron chi connectivity index (χ1n) is 7.31. The Labute approximate surface area is 110 Å². The SMILES string of the molecule is CC1(C)CCC(C)(C)c2nc3c(nc21)CCCC3. The normalized spacial score (nSPS) is 24.2. The zero-order valence-corrected chi connectivity index (χ0v) is 12.1. The van der Waals surface area contributed by atoms with Crippen LogP contribution < -0.4 is 0 Å². The van der Waals surface area contributed by atoms with Crippen LogP contribution in [0.2, 0.25) is 0 Å². The van der Waals surface area contributed by atoms with Crippen LogP contribution in [0.4, 0.5) is 0 Å². The van der Waals surface area contributed by atoms with Crippen molar-refractivity contribution in [3.8, 4) is 0 Å². The van der Waals surface area contributed by atoms with Crippen LogP contribution in [0.5, 0.6) is 0 Å². The summed E-state index contributed by atoms with van der Waals surface area (Å²) in [5.41, 5.74) is 5.52. The summed E-state index contributed by atoms with van der Waals surface area (Å²) in [5.74, 6) is 0. The lowest BCUT2D eigenvalue weighted by Crippen LogP contribution is -2.37. The van der Waals surface area contributed by atoms with Gasteiger partial charge in [-0.1, -0.05) is 27.7 Å². The van der Waals surface area contributed by atoms with Crippen LogP contribution in [-0.2, 0) is 23.7 Å². The molecule has 0 bridgehead atoms. The Kier molecular flexibility index (Phi) is 2.55. The molecule has 0 fully saturated rings. The number of fused-ring (bicyclic) bond motifs is 2. The highest BCUT2D eigenvalue weighted by molar-refractivity contribution is 5.34. The fourth-order valence-electron chi connectivity index (χ4n) is 3.30. The summed E-state index contributed by atoms with van der Waals surface area (Å²) >= 11 is 0. The molecule has 2 aliphatic rings. The van der Waals surface area contributed by atoms with Crippen molar-refractivity contribution in [2.24, 2.45) is 0 Å². The average Bonchev–Trinajstić information content (AvgIpc) is 2.34. The third-order valence-electron chi connectivity index (χ3n) is 4.79. The Balaban J connectivity index is 2.20. The summed E-state index contributed by atoms with van der Waals surface area (Å²) in [6.07, 6.45) is 7.27. The zero-order valence-electron chi connectivity index (χ0n) is 12.1. The second-order valence-corrected chi connectivity index (χ2v) is 7.29. The van der Waals surface area contributed by atoms with Crippen molar-refractivity contribution in [2.75, 3.05) is 0 Å². The van der Waals surface area contributed by atoms with Gasteiger partial charge in [-0.2, -0.15) is 0 Å². The standard InChI is InChI=1S/C16H24N2/c1-15(2)9-10-16(3,4)14-13(15)17-11-7-5-6-8-12(11)18-14/h5-10H2,1-4H3. The van der Waals surface area contributed by atoms with Crippen LogP contribution in [0.25, 0.3) is 0 Å². The van der Waals surface area contributed by atoms with Crippen LogP contribution in [0.3, 0.4) is 0 Å². The van der Waals surface area contributed by atoms with Crippen molar-refractivity contribution >= 4 is 0 Å². The predicted octanol–water partition coefficient (Wildman–Crippen LogP) is 3.70. The molecule has 18 heavy (non-hydrogen) atoms. The molecule has 2 nitrogen and oxygen atoms in total. The summed E-state index contributed by atoms with van der Waals surface area (Å²) in [6.45, 7) is 9.30. The van der Waals surface area contributed by atoms with E-state index in [1.165, 1.54) is 48.5 Å². The topological polar surface area (TPSA) is 25.8 Å². The molecular formula is C16H24N2. The maximum Gasteiger partial charge on any atom is 0.0684 e. The van der Waals surface area contributed by atoms with Gasteiger partial charge >= 0.3 is 0 Å². The molecule has 0 spiro atoms. The van der Waals surface area contributed by atoms with Crippen molar-refractivity contribution in [2.45, 2.75) is 77.0 Å². The molecular weight excluding hydrogens is 220 g/mol. The Morgan fingerprint density at radius 1 is 0.722 bits per heavy atom. The van der Waals surface area contributed by atoms with E-state index >= 15 is 0 Å². The van der Waals surface area contributed by atoms with Gasteiger partial charge in [0, 0.05) is 10.8 Å². The van der Waals surface area contributed by atoms with Crippen molar-refractivity contribution in [3.05, 3.63) is 22.8 Å². The van der Waals surface area contributed by atoms with Gasteiger partial charge in [0.05, 0.1) is 22.8 Å². The van der Waals surface area contributed by atoms with E-state index in [0.717, 1.165) is 12.8 Å².